The first-order chi connectivity index (χ1) is 15.7. The molecule has 0 amide bonds. The van der Waals surface area contributed by atoms with E-state index in [9.17, 15) is 0 Å². The molecule has 0 spiro atoms. The van der Waals surface area contributed by atoms with Gasteiger partial charge in [0.15, 0.2) is 0 Å². The molecule has 0 unspecified atom stereocenters. The summed E-state index contributed by atoms with van der Waals surface area (Å²) >= 11 is 0. The lowest BCUT2D eigenvalue weighted by atomic mass is 10.1. The van der Waals surface area contributed by atoms with Gasteiger partial charge in [-0.05, 0) is 23.8 Å². The number of anilines is 3. The van der Waals surface area contributed by atoms with Gasteiger partial charge in [-0.2, -0.15) is 10.1 Å². The van der Waals surface area contributed by atoms with E-state index in [0.717, 1.165) is 41.6 Å². The Morgan fingerprint density at radius 2 is 1.70 bits per heavy atom. The first kappa shape index (κ1) is 24.5. The molecule has 2 aromatic heterocycles. The maximum Gasteiger partial charge on any atom is 0.300 e. The fraction of sp³-hybridized carbons (Fsp3) is 0.0870. The van der Waals surface area contributed by atoms with E-state index in [1.54, 1.807) is 18.5 Å². The smallest absolute Gasteiger partial charge is 0.300 e. The Kier molecular flexibility index (Phi) is 9.07. The van der Waals surface area contributed by atoms with E-state index in [-0.39, 0.29) is 5.95 Å². The molecule has 10 nitrogen and oxygen atoms in total. The topological polar surface area (TPSA) is 167 Å². The van der Waals surface area contributed by atoms with Crippen molar-refractivity contribution in [2.75, 3.05) is 11.1 Å². The van der Waals surface area contributed by atoms with Gasteiger partial charge in [0.05, 0.1) is 11.7 Å². The molecule has 0 aliphatic heterocycles. The number of carboxylic acids is 2. The molecule has 2 heterocycles. The quantitative estimate of drug-likeness (QED) is 0.289. The van der Waals surface area contributed by atoms with Gasteiger partial charge in [-0.1, -0.05) is 42.5 Å². The highest BCUT2D eigenvalue weighted by molar-refractivity contribution is 5.93. The van der Waals surface area contributed by atoms with Crippen LogP contribution in [0.3, 0.4) is 0 Å². The average Bonchev–Trinajstić information content (AvgIpc) is 3.21. The molecule has 0 bridgehead atoms. The Labute approximate surface area is 189 Å². The van der Waals surface area contributed by atoms with Gasteiger partial charge in [0.1, 0.15) is 5.82 Å². The molecule has 0 radical (unpaired) electrons. The number of nitrogen functional groups attached to an aromatic ring is 1. The van der Waals surface area contributed by atoms with Gasteiger partial charge in [-0.3, -0.25) is 14.7 Å². The number of benzene rings is 2. The molecule has 0 aliphatic rings. The number of hydrogen-bond donors (Lipinski definition) is 5. The summed E-state index contributed by atoms with van der Waals surface area (Å²) in [5, 5.41) is 26.3. The molecule has 0 saturated carbocycles. The number of rotatable bonds is 4. The van der Waals surface area contributed by atoms with Crippen LogP contribution in [0.5, 0.6) is 0 Å². The van der Waals surface area contributed by atoms with Crippen molar-refractivity contribution in [2.45, 2.75) is 13.8 Å². The third-order valence-corrected chi connectivity index (χ3v) is 3.78. The number of aliphatic carboxylic acids is 2. The first-order valence-electron chi connectivity index (χ1n) is 9.69. The Hall–Kier alpha value is -4.73. The van der Waals surface area contributed by atoms with Crippen LogP contribution in [-0.4, -0.2) is 42.3 Å². The number of aromatic amines is 1. The monoisotopic (exact) mass is 448 g/mol. The van der Waals surface area contributed by atoms with Crippen molar-refractivity contribution in [1.29, 1.82) is 0 Å². The van der Waals surface area contributed by atoms with Gasteiger partial charge in [0.25, 0.3) is 11.9 Å². The molecule has 0 saturated heterocycles. The molecule has 0 atom stereocenters. The zero-order valence-electron chi connectivity index (χ0n) is 18.1. The van der Waals surface area contributed by atoms with Gasteiger partial charge in [0, 0.05) is 36.7 Å². The van der Waals surface area contributed by atoms with Crippen LogP contribution in [0.25, 0.3) is 23.1 Å². The van der Waals surface area contributed by atoms with Crippen LogP contribution in [0.2, 0.25) is 0 Å². The van der Waals surface area contributed by atoms with E-state index in [0.29, 0.717) is 5.82 Å². The minimum absolute atomic E-state index is 0.235. The van der Waals surface area contributed by atoms with E-state index >= 15 is 0 Å². The Morgan fingerprint density at radius 3 is 2.33 bits per heavy atom. The normalized spacial score (nSPS) is 10.0. The largest absolute Gasteiger partial charge is 0.481 e. The number of nitrogens with zero attached hydrogens (tertiary/aromatic N) is 3. The molecular weight excluding hydrogens is 424 g/mol. The fourth-order valence-corrected chi connectivity index (χ4v) is 2.63. The van der Waals surface area contributed by atoms with Crippen LogP contribution >= 0.6 is 0 Å². The number of nitrogens with one attached hydrogen (secondary N) is 2. The zero-order valence-corrected chi connectivity index (χ0v) is 18.1. The van der Waals surface area contributed by atoms with Crippen molar-refractivity contribution in [1.82, 2.24) is 20.2 Å². The van der Waals surface area contributed by atoms with Crippen molar-refractivity contribution in [3.63, 3.8) is 0 Å². The summed E-state index contributed by atoms with van der Waals surface area (Å²) in [5.41, 5.74) is 9.70. The van der Waals surface area contributed by atoms with E-state index in [1.807, 2.05) is 30.3 Å². The molecular formula is C23H24N6O4. The second-order valence-corrected chi connectivity index (χ2v) is 6.61. The van der Waals surface area contributed by atoms with Crippen LogP contribution in [0.1, 0.15) is 25.0 Å². The summed E-state index contributed by atoms with van der Waals surface area (Å²) < 4.78 is 0. The number of carbonyl (C=O) groups is 2. The van der Waals surface area contributed by atoms with Crippen LogP contribution in [0.4, 0.5) is 17.5 Å². The molecule has 0 fully saturated rings. The van der Waals surface area contributed by atoms with Gasteiger partial charge in [-0.15, -0.1) is 0 Å². The predicted molar refractivity (Wildman–Crippen MR) is 128 cm³/mol. The first-order valence-corrected chi connectivity index (χ1v) is 9.69. The highest BCUT2D eigenvalue weighted by Gasteiger charge is 2.05. The summed E-state index contributed by atoms with van der Waals surface area (Å²) in [4.78, 5) is 26.1. The summed E-state index contributed by atoms with van der Waals surface area (Å²) in [6.07, 6.45) is 7.56. The maximum atomic E-state index is 9.00. The Morgan fingerprint density at radius 1 is 1.03 bits per heavy atom. The minimum atomic E-state index is -0.833. The molecule has 2 aromatic carbocycles. The number of aromatic nitrogens is 4. The van der Waals surface area contributed by atoms with Crippen LogP contribution < -0.4 is 11.1 Å². The number of carboxylic acid groups (broad SMARTS) is 2. The highest BCUT2D eigenvalue weighted by atomic mass is 16.4. The average molecular weight is 448 g/mol. The standard InChI is InChI=1S/C19H16N6.2C2H4O2/c20-19-21-9-8-17(24-19)23-16-10-14(18-15(11-16)12-22-25-18)7-6-13-4-2-1-3-5-13;2*1-2(3)4/h1-12H,(H,22,25)(H3,20,21,23,24);2*1H3,(H,3,4)/b7-6+;;. The molecule has 4 rings (SSSR count). The maximum absolute atomic E-state index is 9.00. The number of nitrogens with two attached hydrogens (primary N) is 1. The van der Waals surface area contributed by atoms with Crippen LogP contribution in [-0.2, 0) is 9.59 Å². The lowest BCUT2D eigenvalue weighted by Gasteiger charge is -2.08. The zero-order chi connectivity index (χ0) is 24.2. The number of hydrogen-bond acceptors (Lipinski definition) is 7. The fourth-order valence-electron chi connectivity index (χ4n) is 2.63. The van der Waals surface area contributed by atoms with E-state index in [4.69, 9.17) is 25.5 Å². The Balaban J connectivity index is 0.000000420. The molecule has 170 valence electrons. The molecule has 0 aliphatic carbocycles. The highest BCUT2D eigenvalue weighted by Crippen LogP contribution is 2.26. The summed E-state index contributed by atoms with van der Waals surface area (Å²) in [5.74, 6) is -0.785. The van der Waals surface area contributed by atoms with E-state index in [1.165, 1.54) is 0 Å². The van der Waals surface area contributed by atoms with Crippen molar-refractivity contribution < 1.29 is 19.8 Å². The van der Waals surface area contributed by atoms with E-state index < -0.39 is 11.9 Å². The summed E-state index contributed by atoms with van der Waals surface area (Å²) in [6.45, 7) is 2.17. The van der Waals surface area contributed by atoms with Gasteiger partial charge in [0.2, 0.25) is 5.95 Å². The Bertz CT molecular complexity index is 1220. The third kappa shape index (κ3) is 8.89. The molecule has 10 heteroatoms. The number of H-pyrrole nitrogens is 1. The summed E-state index contributed by atoms with van der Waals surface area (Å²) in [6, 6.07) is 16.0. The van der Waals surface area contributed by atoms with Gasteiger partial charge < -0.3 is 21.3 Å². The van der Waals surface area contributed by atoms with Crippen molar-refractivity contribution in [3.8, 4) is 0 Å². The minimum Gasteiger partial charge on any atom is -0.481 e. The SMILES string of the molecule is CC(=O)O.CC(=O)O.Nc1nccc(Nc2cc(/C=C/c3ccccc3)c3[nH]ncc3c2)n1. The second kappa shape index (κ2) is 12.2. The summed E-state index contributed by atoms with van der Waals surface area (Å²) in [7, 11) is 0. The molecule has 4 aromatic rings. The lowest BCUT2D eigenvalue weighted by Crippen LogP contribution is -1.99. The van der Waals surface area contributed by atoms with Gasteiger partial charge >= 0.3 is 0 Å². The predicted octanol–water partition coefficient (Wildman–Crippen LogP) is 4.03. The van der Waals surface area contributed by atoms with Crippen molar-refractivity contribution in [3.05, 3.63) is 72.1 Å². The molecule has 33 heavy (non-hydrogen) atoms. The second-order valence-electron chi connectivity index (χ2n) is 6.61. The van der Waals surface area contributed by atoms with Crippen molar-refractivity contribution >= 4 is 52.4 Å². The molecule has 6 N–H and O–H groups in total. The van der Waals surface area contributed by atoms with Crippen molar-refractivity contribution in [2.24, 2.45) is 0 Å². The van der Waals surface area contributed by atoms with E-state index in [2.05, 4.69) is 49.8 Å². The van der Waals surface area contributed by atoms with Gasteiger partial charge in [-0.25, -0.2) is 4.98 Å². The third-order valence-electron chi connectivity index (χ3n) is 3.78. The lowest BCUT2D eigenvalue weighted by molar-refractivity contribution is -0.135. The van der Waals surface area contributed by atoms with Crippen LogP contribution in [0.15, 0.2) is 60.9 Å². The van der Waals surface area contributed by atoms with Crippen LogP contribution in [0, 0.1) is 0 Å². The number of fused-ring (bicyclic) bond motifs is 1.